The Morgan fingerprint density at radius 2 is 2.17 bits per heavy atom. The predicted octanol–water partition coefficient (Wildman–Crippen LogP) is 3.19. The summed E-state index contributed by atoms with van der Waals surface area (Å²) in [6.45, 7) is 9.27. The van der Waals surface area contributed by atoms with E-state index >= 15 is 0 Å². The number of aromatic nitrogens is 3. The van der Waals surface area contributed by atoms with Gasteiger partial charge in [-0.05, 0) is 31.4 Å². The van der Waals surface area contributed by atoms with Gasteiger partial charge in [-0.3, -0.25) is 9.78 Å². The van der Waals surface area contributed by atoms with Crippen LogP contribution in [0.4, 0.5) is 0 Å². The Balaban J connectivity index is 1.78. The molecule has 0 radical (unpaired) electrons. The normalized spacial score (nSPS) is 18.7. The van der Waals surface area contributed by atoms with Crippen molar-refractivity contribution < 1.29 is 9.32 Å². The van der Waals surface area contributed by atoms with Gasteiger partial charge in [0.25, 0.3) is 0 Å². The number of nitrogens with zero attached hydrogens (tertiary/aromatic N) is 4. The molecule has 0 N–H and O–H groups in total. The van der Waals surface area contributed by atoms with Crippen molar-refractivity contribution in [1.29, 1.82) is 0 Å². The van der Waals surface area contributed by atoms with E-state index < -0.39 is 0 Å². The first-order chi connectivity index (χ1) is 11.4. The van der Waals surface area contributed by atoms with Gasteiger partial charge in [-0.25, -0.2) is 0 Å². The van der Waals surface area contributed by atoms with Gasteiger partial charge in [-0.2, -0.15) is 4.98 Å². The Kier molecular flexibility index (Phi) is 4.39. The van der Waals surface area contributed by atoms with Crippen molar-refractivity contribution in [1.82, 2.24) is 20.0 Å². The van der Waals surface area contributed by atoms with E-state index in [1.807, 2.05) is 44.7 Å². The van der Waals surface area contributed by atoms with Crippen molar-refractivity contribution in [3.8, 4) is 11.5 Å². The third kappa shape index (κ3) is 3.32. The topological polar surface area (TPSA) is 72.1 Å². The summed E-state index contributed by atoms with van der Waals surface area (Å²) in [7, 11) is 0. The molecule has 1 saturated heterocycles. The van der Waals surface area contributed by atoms with Crippen LogP contribution in [0.15, 0.2) is 22.9 Å². The van der Waals surface area contributed by atoms with E-state index in [9.17, 15) is 4.79 Å². The molecular weight excluding hydrogens is 304 g/mol. The molecule has 3 heterocycles. The molecule has 0 unspecified atom stereocenters. The molecule has 3 rings (SSSR count). The van der Waals surface area contributed by atoms with E-state index in [1.54, 1.807) is 6.20 Å². The van der Waals surface area contributed by atoms with Crippen LogP contribution in [0.25, 0.3) is 11.5 Å². The molecule has 1 aliphatic rings. The van der Waals surface area contributed by atoms with Crippen molar-refractivity contribution in [2.24, 2.45) is 5.41 Å². The van der Waals surface area contributed by atoms with Crippen molar-refractivity contribution >= 4 is 5.91 Å². The van der Waals surface area contributed by atoms with Crippen LogP contribution in [-0.4, -0.2) is 39.0 Å². The predicted molar refractivity (Wildman–Crippen MR) is 90.3 cm³/mol. The van der Waals surface area contributed by atoms with Gasteiger partial charge in [-0.1, -0.05) is 32.0 Å². The lowest BCUT2D eigenvalue weighted by Crippen LogP contribution is -2.44. The standard InChI is InChI=1S/C18H24N4O2/c1-12-7-5-9-19-14(12)15-20-16(24-21-15)13-8-6-10-22(11-13)17(23)18(2,3)4/h5,7,9,13H,6,8,10-11H2,1-4H3/t13-/m0/s1. The highest BCUT2D eigenvalue weighted by Crippen LogP contribution is 2.30. The maximum Gasteiger partial charge on any atom is 0.231 e. The van der Waals surface area contributed by atoms with Gasteiger partial charge in [-0.15, -0.1) is 0 Å². The first-order valence-electron chi connectivity index (χ1n) is 8.41. The van der Waals surface area contributed by atoms with Gasteiger partial charge in [0.15, 0.2) is 0 Å². The zero-order valence-corrected chi connectivity index (χ0v) is 14.7. The van der Waals surface area contributed by atoms with Gasteiger partial charge in [0, 0.05) is 24.7 Å². The quantitative estimate of drug-likeness (QED) is 0.846. The zero-order valence-electron chi connectivity index (χ0n) is 14.7. The van der Waals surface area contributed by atoms with Crippen molar-refractivity contribution in [2.75, 3.05) is 13.1 Å². The van der Waals surface area contributed by atoms with Gasteiger partial charge in [0.05, 0.1) is 5.92 Å². The van der Waals surface area contributed by atoms with Crippen LogP contribution in [0.1, 0.15) is 51.0 Å². The van der Waals surface area contributed by atoms with Gasteiger partial charge >= 0.3 is 0 Å². The Labute approximate surface area is 142 Å². The first-order valence-corrected chi connectivity index (χ1v) is 8.41. The van der Waals surface area contributed by atoms with E-state index in [2.05, 4.69) is 15.1 Å². The Morgan fingerprint density at radius 3 is 2.88 bits per heavy atom. The van der Waals surface area contributed by atoms with Gasteiger partial charge in [0.1, 0.15) is 5.69 Å². The maximum atomic E-state index is 12.5. The summed E-state index contributed by atoms with van der Waals surface area (Å²) in [5, 5.41) is 4.09. The molecule has 0 bridgehead atoms. The summed E-state index contributed by atoms with van der Waals surface area (Å²) in [4.78, 5) is 23.3. The maximum absolute atomic E-state index is 12.5. The highest BCUT2D eigenvalue weighted by molar-refractivity contribution is 5.81. The fourth-order valence-corrected chi connectivity index (χ4v) is 3.05. The molecule has 6 heteroatoms. The number of aryl methyl sites for hydroxylation is 1. The largest absolute Gasteiger partial charge is 0.341 e. The average Bonchev–Trinajstić information content (AvgIpc) is 3.03. The molecule has 0 aromatic carbocycles. The second kappa shape index (κ2) is 6.34. The third-order valence-electron chi connectivity index (χ3n) is 4.36. The number of carbonyl (C=O) groups is 1. The molecule has 1 fully saturated rings. The monoisotopic (exact) mass is 328 g/mol. The van der Waals surface area contributed by atoms with E-state index in [-0.39, 0.29) is 17.2 Å². The summed E-state index contributed by atoms with van der Waals surface area (Å²) in [6.07, 6.45) is 3.63. The van der Waals surface area contributed by atoms with Crippen LogP contribution < -0.4 is 0 Å². The molecule has 2 aromatic rings. The lowest BCUT2D eigenvalue weighted by atomic mass is 9.91. The van der Waals surface area contributed by atoms with E-state index in [0.717, 1.165) is 30.6 Å². The van der Waals surface area contributed by atoms with Gasteiger partial charge in [0.2, 0.25) is 17.6 Å². The van der Waals surface area contributed by atoms with E-state index in [4.69, 9.17) is 4.52 Å². The number of likely N-dealkylation sites (tertiary alicyclic amines) is 1. The van der Waals surface area contributed by atoms with Crippen LogP contribution in [0.2, 0.25) is 0 Å². The number of carbonyl (C=O) groups excluding carboxylic acids is 1. The Hall–Kier alpha value is -2.24. The highest BCUT2D eigenvalue weighted by Gasteiger charge is 2.33. The molecule has 1 amide bonds. The number of pyridine rings is 1. The average molecular weight is 328 g/mol. The number of hydrogen-bond acceptors (Lipinski definition) is 5. The SMILES string of the molecule is Cc1cccnc1-c1noc([C@H]2CCCN(C(=O)C(C)(C)C)C2)n1. The molecule has 2 aromatic heterocycles. The molecular formula is C18H24N4O2. The van der Waals surface area contributed by atoms with Crippen molar-refractivity contribution in [2.45, 2.75) is 46.5 Å². The number of piperidine rings is 1. The number of amides is 1. The molecule has 0 saturated carbocycles. The second-order valence-electron chi connectivity index (χ2n) is 7.47. The Morgan fingerprint density at radius 1 is 1.38 bits per heavy atom. The molecule has 1 atom stereocenters. The Bertz CT molecular complexity index is 733. The lowest BCUT2D eigenvalue weighted by molar-refractivity contribution is -0.140. The van der Waals surface area contributed by atoms with Crippen LogP contribution in [0.3, 0.4) is 0 Å². The molecule has 0 spiro atoms. The zero-order chi connectivity index (χ0) is 17.3. The minimum Gasteiger partial charge on any atom is -0.341 e. The second-order valence-corrected chi connectivity index (χ2v) is 7.47. The molecule has 0 aliphatic carbocycles. The minimum absolute atomic E-state index is 0.0929. The van der Waals surface area contributed by atoms with E-state index in [0.29, 0.717) is 18.3 Å². The minimum atomic E-state index is -0.368. The molecule has 128 valence electrons. The fourth-order valence-electron chi connectivity index (χ4n) is 3.05. The van der Waals surface area contributed by atoms with Crippen LogP contribution in [-0.2, 0) is 4.79 Å². The fraction of sp³-hybridized carbons (Fsp3) is 0.556. The summed E-state index contributed by atoms with van der Waals surface area (Å²) < 4.78 is 5.49. The molecule has 6 nitrogen and oxygen atoms in total. The third-order valence-corrected chi connectivity index (χ3v) is 4.36. The van der Waals surface area contributed by atoms with Crippen LogP contribution >= 0.6 is 0 Å². The van der Waals surface area contributed by atoms with Crippen molar-refractivity contribution in [3.05, 3.63) is 29.8 Å². The summed E-state index contributed by atoms with van der Waals surface area (Å²) in [5.41, 5.74) is 1.39. The summed E-state index contributed by atoms with van der Waals surface area (Å²) in [6, 6.07) is 3.86. The first kappa shape index (κ1) is 16.6. The number of rotatable bonds is 2. The van der Waals surface area contributed by atoms with Crippen LogP contribution in [0.5, 0.6) is 0 Å². The summed E-state index contributed by atoms with van der Waals surface area (Å²) in [5.74, 6) is 1.38. The van der Waals surface area contributed by atoms with Gasteiger partial charge < -0.3 is 9.42 Å². The smallest absolute Gasteiger partial charge is 0.231 e. The molecule has 24 heavy (non-hydrogen) atoms. The van der Waals surface area contributed by atoms with E-state index in [1.165, 1.54) is 0 Å². The van der Waals surface area contributed by atoms with Crippen molar-refractivity contribution in [3.63, 3.8) is 0 Å². The molecule has 1 aliphatic heterocycles. The van der Waals surface area contributed by atoms with Crippen LogP contribution in [0, 0.1) is 12.3 Å². The lowest BCUT2D eigenvalue weighted by Gasteiger charge is -2.35. The highest BCUT2D eigenvalue weighted by atomic mass is 16.5. The summed E-state index contributed by atoms with van der Waals surface area (Å²) >= 11 is 0. The number of hydrogen-bond donors (Lipinski definition) is 0.